The molecule has 3 aromatic rings. The standard InChI is InChI=1S/C24H20F3N3O4/c1-4-5-16-12-17(10-11-18(16)25)34-23-19(20(21(26)27)29-30(23)3)22(31)28-13(2)14-6-8-15(9-7-14)24(32)33/h6-13,21H,1-3H3,(H,28,31)(H,32,33). The van der Waals surface area contributed by atoms with Gasteiger partial charge in [-0.1, -0.05) is 18.1 Å². The molecule has 2 aromatic carbocycles. The molecule has 0 saturated heterocycles. The first-order chi connectivity index (χ1) is 16.1. The number of ether oxygens (including phenoxy) is 1. The lowest BCUT2D eigenvalue weighted by Gasteiger charge is -2.16. The third-order valence-electron chi connectivity index (χ3n) is 4.87. The minimum Gasteiger partial charge on any atom is -0.478 e. The molecule has 1 atom stereocenters. The third-order valence-corrected chi connectivity index (χ3v) is 4.87. The molecule has 0 aliphatic heterocycles. The van der Waals surface area contributed by atoms with Crippen LogP contribution >= 0.6 is 0 Å². The van der Waals surface area contributed by atoms with E-state index in [0.29, 0.717) is 5.56 Å². The van der Waals surface area contributed by atoms with E-state index in [2.05, 4.69) is 22.3 Å². The summed E-state index contributed by atoms with van der Waals surface area (Å²) in [7, 11) is 1.34. The maximum Gasteiger partial charge on any atom is 0.335 e. The lowest BCUT2D eigenvalue weighted by molar-refractivity contribution is 0.0696. The SMILES string of the molecule is CC#Cc1cc(Oc2c(C(=O)NC(C)c3ccc(C(=O)O)cc3)c(C(F)F)nn2C)ccc1F. The number of amides is 1. The smallest absolute Gasteiger partial charge is 0.335 e. The molecule has 176 valence electrons. The van der Waals surface area contributed by atoms with Gasteiger partial charge in [0.15, 0.2) is 0 Å². The van der Waals surface area contributed by atoms with Crippen LogP contribution in [0.2, 0.25) is 0 Å². The van der Waals surface area contributed by atoms with E-state index in [1.807, 2.05) is 0 Å². The number of carbonyl (C=O) groups excluding carboxylic acids is 1. The van der Waals surface area contributed by atoms with Crippen molar-refractivity contribution in [2.24, 2.45) is 7.05 Å². The summed E-state index contributed by atoms with van der Waals surface area (Å²) in [6, 6.07) is 8.79. The average Bonchev–Trinajstić information content (AvgIpc) is 3.12. The molecule has 3 rings (SSSR count). The topological polar surface area (TPSA) is 93.4 Å². The molecule has 0 saturated carbocycles. The van der Waals surface area contributed by atoms with Gasteiger partial charge in [-0.2, -0.15) is 5.10 Å². The average molecular weight is 471 g/mol. The molecule has 7 nitrogen and oxygen atoms in total. The van der Waals surface area contributed by atoms with Gasteiger partial charge in [0, 0.05) is 7.05 Å². The number of hydrogen-bond donors (Lipinski definition) is 2. The summed E-state index contributed by atoms with van der Waals surface area (Å²) < 4.78 is 47.9. The molecular weight excluding hydrogens is 451 g/mol. The molecule has 0 radical (unpaired) electrons. The fourth-order valence-electron chi connectivity index (χ4n) is 3.19. The van der Waals surface area contributed by atoms with E-state index >= 15 is 0 Å². The van der Waals surface area contributed by atoms with Gasteiger partial charge in [0.2, 0.25) is 5.88 Å². The third kappa shape index (κ3) is 5.20. The van der Waals surface area contributed by atoms with Crippen molar-refractivity contribution in [3.05, 3.63) is 76.2 Å². The second kappa shape index (κ2) is 10.1. The number of aryl methyl sites for hydroxylation is 1. The highest BCUT2D eigenvalue weighted by molar-refractivity contribution is 5.98. The van der Waals surface area contributed by atoms with Crippen LogP contribution in [0.15, 0.2) is 42.5 Å². The molecule has 0 fully saturated rings. The highest BCUT2D eigenvalue weighted by Gasteiger charge is 2.30. The predicted octanol–water partition coefficient (Wildman–Crippen LogP) is 4.85. The van der Waals surface area contributed by atoms with Gasteiger partial charge in [0.25, 0.3) is 12.3 Å². The maximum absolute atomic E-state index is 13.9. The molecule has 0 aliphatic carbocycles. The van der Waals surface area contributed by atoms with Crippen LogP contribution < -0.4 is 10.1 Å². The lowest BCUT2D eigenvalue weighted by atomic mass is 10.1. The van der Waals surface area contributed by atoms with Crippen molar-refractivity contribution in [1.82, 2.24) is 15.1 Å². The van der Waals surface area contributed by atoms with Crippen molar-refractivity contribution in [1.29, 1.82) is 0 Å². The van der Waals surface area contributed by atoms with E-state index in [1.54, 1.807) is 6.92 Å². The molecule has 0 spiro atoms. The molecule has 2 N–H and O–H groups in total. The van der Waals surface area contributed by atoms with E-state index in [-0.39, 0.29) is 22.8 Å². The van der Waals surface area contributed by atoms with Crippen LogP contribution in [0.1, 0.15) is 63.9 Å². The second-order valence-corrected chi connectivity index (χ2v) is 7.23. The number of benzene rings is 2. The predicted molar refractivity (Wildman–Crippen MR) is 116 cm³/mol. The summed E-state index contributed by atoms with van der Waals surface area (Å²) in [5.74, 6) is 2.39. The monoisotopic (exact) mass is 471 g/mol. The van der Waals surface area contributed by atoms with E-state index in [0.717, 1.165) is 10.7 Å². The molecule has 0 aliphatic rings. The zero-order chi connectivity index (χ0) is 25.0. The van der Waals surface area contributed by atoms with Gasteiger partial charge < -0.3 is 15.2 Å². The number of carboxylic acids is 1. The Hall–Kier alpha value is -4.26. The number of carboxylic acid groups (broad SMARTS) is 1. The normalized spacial score (nSPS) is 11.5. The van der Waals surface area contributed by atoms with Crippen LogP contribution in [0, 0.1) is 17.7 Å². The maximum atomic E-state index is 13.9. The number of nitrogens with zero attached hydrogens (tertiary/aromatic N) is 2. The first-order valence-corrected chi connectivity index (χ1v) is 10.0. The minimum atomic E-state index is -3.07. The van der Waals surface area contributed by atoms with Crippen molar-refractivity contribution < 1.29 is 32.6 Å². The summed E-state index contributed by atoms with van der Waals surface area (Å²) in [4.78, 5) is 24.0. The van der Waals surface area contributed by atoms with Crippen molar-refractivity contribution in [3.63, 3.8) is 0 Å². The van der Waals surface area contributed by atoms with Crippen molar-refractivity contribution >= 4 is 11.9 Å². The van der Waals surface area contributed by atoms with Gasteiger partial charge in [0.1, 0.15) is 22.8 Å². The molecule has 1 unspecified atom stereocenters. The molecule has 1 amide bonds. The van der Waals surface area contributed by atoms with Crippen LogP contribution in [-0.4, -0.2) is 26.8 Å². The summed E-state index contributed by atoms with van der Waals surface area (Å²) in [6.45, 7) is 3.14. The van der Waals surface area contributed by atoms with Gasteiger partial charge in [-0.15, -0.1) is 5.92 Å². The van der Waals surface area contributed by atoms with E-state index < -0.39 is 41.4 Å². The second-order valence-electron chi connectivity index (χ2n) is 7.23. The highest BCUT2D eigenvalue weighted by Crippen LogP contribution is 2.33. The van der Waals surface area contributed by atoms with E-state index in [1.165, 1.54) is 50.4 Å². The summed E-state index contributed by atoms with van der Waals surface area (Å²) in [5, 5.41) is 15.3. The number of halogens is 3. The van der Waals surface area contributed by atoms with Gasteiger partial charge in [-0.3, -0.25) is 4.79 Å². The largest absolute Gasteiger partial charge is 0.478 e. The Morgan fingerprint density at radius 2 is 1.85 bits per heavy atom. The number of hydrogen-bond acceptors (Lipinski definition) is 4. The van der Waals surface area contributed by atoms with Crippen LogP contribution in [0.4, 0.5) is 13.2 Å². The zero-order valence-corrected chi connectivity index (χ0v) is 18.4. The molecule has 10 heteroatoms. The zero-order valence-electron chi connectivity index (χ0n) is 18.4. The van der Waals surface area contributed by atoms with Gasteiger partial charge >= 0.3 is 5.97 Å². The van der Waals surface area contributed by atoms with E-state index in [9.17, 15) is 22.8 Å². The van der Waals surface area contributed by atoms with E-state index in [4.69, 9.17) is 9.84 Å². The Morgan fingerprint density at radius 1 is 1.18 bits per heavy atom. The molecule has 1 heterocycles. The fourth-order valence-corrected chi connectivity index (χ4v) is 3.19. The molecule has 0 bridgehead atoms. The molecule has 1 aromatic heterocycles. The molecular formula is C24H20F3N3O4. The fraction of sp³-hybridized carbons (Fsp3) is 0.208. The number of nitrogens with one attached hydrogen (secondary N) is 1. The summed E-state index contributed by atoms with van der Waals surface area (Å²) in [5.41, 5.74) is -0.583. The Kier molecular flexibility index (Phi) is 7.26. The number of aromatic carboxylic acids is 1. The lowest BCUT2D eigenvalue weighted by Crippen LogP contribution is -2.27. The number of alkyl halides is 2. The van der Waals surface area contributed by atoms with Crippen molar-refractivity contribution in [2.45, 2.75) is 26.3 Å². The van der Waals surface area contributed by atoms with Crippen LogP contribution in [0.3, 0.4) is 0 Å². The van der Waals surface area contributed by atoms with Crippen LogP contribution in [0.25, 0.3) is 0 Å². The first-order valence-electron chi connectivity index (χ1n) is 10.0. The number of rotatable bonds is 7. The Balaban J connectivity index is 1.93. The van der Waals surface area contributed by atoms with Gasteiger partial charge in [-0.25, -0.2) is 22.6 Å². The van der Waals surface area contributed by atoms with Crippen LogP contribution in [0.5, 0.6) is 11.6 Å². The first kappa shape index (κ1) is 24.4. The Bertz CT molecular complexity index is 1290. The quantitative estimate of drug-likeness (QED) is 0.481. The molecule has 34 heavy (non-hydrogen) atoms. The van der Waals surface area contributed by atoms with Crippen LogP contribution in [-0.2, 0) is 7.05 Å². The van der Waals surface area contributed by atoms with Crippen molar-refractivity contribution in [2.75, 3.05) is 0 Å². The number of carbonyl (C=O) groups is 2. The highest BCUT2D eigenvalue weighted by atomic mass is 19.3. The minimum absolute atomic E-state index is 0.0423. The summed E-state index contributed by atoms with van der Waals surface area (Å²) >= 11 is 0. The van der Waals surface area contributed by atoms with Gasteiger partial charge in [0.05, 0.1) is 17.2 Å². The summed E-state index contributed by atoms with van der Waals surface area (Å²) in [6.07, 6.45) is -3.07. The Labute approximate surface area is 193 Å². The number of aromatic nitrogens is 2. The Morgan fingerprint density at radius 3 is 2.44 bits per heavy atom. The van der Waals surface area contributed by atoms with Crippen molar-refractivity contribution in [3.8, 4) is 23.5 Å². The van der Waals surface area contributed by atoms with Gasteiger partial charge in [-0.05, 0) is 49.7 Å².